The highest BCUT2D eigenvalue weighted by atomic mass is 19.1. The summed E-state index contributed by atoms with van der Waals surface area (Å²) in [7, 11) is 0. The number of nitrogens with one attached hydrogen (secondary N) is 1. The molecular weight excluding hydrogens is 342 g/mol. The molecule has 0 radical (unpaired) electrons. The Morgan fingerprint density at radius 2 is 2.04 bits per heavy atom. The summed E-state index contributed by atoms with van der Waals surface area (Å²) >= 11 is 0. The third-order valence-corrected chi connectivity index (χ3v) is 4.18. The monoisotopic (exact) mass is 368 g/mol. The molecule has 0 bridgehead atoms. The van der Waals surface area contributed by atoms with Crippen LogP contribution in [0.15, 0.2) is 18.2 Å². The first-order valence-electron chi connectivity index (χ1n) is 8.87. The second kappa shape index (κ2) is 8.47. The summed E-state index contributed by atoms with van der Waals surface area (Å²) in [6.07, 6.45) is 2.15. The van der Waals surface area contributed by atoms with Crippen molar-refractivity contribution in [3.05, 3.63) is 35.4 Å². The Morgan fingerprint density at radius 1 is 1.31 bits per heavy atom. The van der Waals surface area contributed by atoms with Crippen molar-refractivity contribution in [1.29, 1.82) is 0 Å². The number of likely N-dealkylation sites (tertiary alicyclic amines) is 1. The van der Waals surface area contributed by atoms with Crippen LogP contribution in [0.3, 0.4) is 0 Å². The van der Waals surface area contributed by atoms with Crippen molar-refractivity contribution in [2.24, 2.45) is 5.92 Å². The molecule has 1 atom stereocenters. The molecule has 1 aromatic rings. The average Bonchev–Trinajstić information content (AvgIpc) is 2.55. The van der Waals surface area contributed by atoms with E-state index in [4.69, 9.17) is 4.74 Å². The van der Waals surface area contributed by atoms with Gasteiger partial charge in [0.25, 0.3) is 5.91 Å². The zero-order valence-corrected chi connectivity index (χ0v) is 15.5. The van der Waals surface area contributed by atoms with Crippen LogP contribution < -0.4 is 5.32 Å². The Morgan fingerprint density at radius 3 is 2.73 bits per heavy atom. The number of rotatable bonds is 4. The standard InChI is InChI=1S/C19H26F2N2O3/c1-19(2,3)26-18(25)23-10-4-5-13(12-23)8-9-22-17(24)15-11-14(20)6-7-16(15)21/h6-7,11,13H,4-5,8-10,12H2,1-3H3,(H,22,24). The first kappa shape index (κ1) is 20.1. The number of benzene rings is 1. The number of nitrogens with zero attached hydrogens (tertiary/aromatic N) is 1. The summed E-state index contributed by atoms with van der Waals surface area (Å²) in [5.74, 6) is -1.81. The Hall–Kier alpha value is -2.18. The fourth-order valence-electron chi connectivity index (χ4n) is 2.95. The lowest BCUT2D eigenvalue weighted by Gasteiger charge is -2.34. The van der Waals surface area contributed by atoms with Crippen LogP contribution in [0.25, 0.3) is 0 Å². The first-order chi connectivity index (χ1) is 12.2. The lowest BCUT2D eigenvalue weighted by molar-refractivity contribution is 0.0161. The predicted molar refractivity (Wildman–Crippen MR) is 93.8 cm³/mol. The van der Waals surface area contributed by atoms with Crippen molar-refractivity contribution in [2.45, 2.75) is 45.6 Å². The van der Waals surface area contributed by atoms with Gasteiger partial charge in [-0.3, -0.25) is 4.79 Å². The van der Waals surface area contributed by atoms with Crippen LogP contribution in [0, 0.1) is 17.6 Å². The molecule has 7 heteroatoms. The third kappa shape index (κ3) is 5.97. The smallest absolute Gasteiger partial charge is 0.410 e. The summed E-state index contributed by atoms with van der Waals surface area (Å²) in [5, 5.41) is 2.62. The van der Waals surface area contributed by atoms with Gasteiger partial charge < -0.3 is 15.0 Å². The minimum atomic E-state index is -0.752. The molecule has 1 N–H and O–H groups in total. The molecule has 5 nitrogen and oxygen atoms in total. The Labute approximate surface area is 152 Å². The van der Waals surface area contributed by atoms with Crippen LogP contribution in [0.2, 0.25) is 0 Å². The zero-order chi connectivity index (χ0) is 19.3. The quantitative estimate of drug-likeness (QED) is 0.881. The Kier molecular flexibility index (Phi) is 6.56. The number of amides is 2. The highest BCUT2D eigenvalue weighted by Crippen LogP contribution is 2.21. The van der Waals surface area contributed by atoms with Gasteiger partial charge in [-0.05, 0) is 64.2 Å². The fourth-order valence-corrected chi connectivity index (χ4v) is 2.95. The van der Waals surface area contributed by atoms with Gasteiger partial charge in [0.2, 0.25) is 0 Å². The molecule has 0 aromatic heterocycles. The lowest BCUT2D eigenvalue weighted by atomic mass is 9.95. The number of piperidine rings is 1. The molecular formula is C19H26F2N2O3. The SMILES string of the molecule is CC(C)(C)OC(=O)N1CCCC(CCNC(=O)c2cc(F)ccc2F)C1. The van der Waals surface area contributed by atoms with Crippen LogP contribution in [0.5, 0.6) is 0 Å². The molecule has 1 aliphatic heterocycles. The minimum absolute atomic E-state index is 0.230. The summed E-state index contributed by atoms with van der Waals surface area (Å²) in [6, 6.07) is 2.79. The van der Waals surface area contributed by atoms with Gasteiger partial charge in [-0.1, -0.05) is 0 Å². The molecule has 0 saturated carbocycles. The highest BCUT2D eigenvalue weighted by Gasteiger charge is 2.27. The van der Waals surface area contributed by atoms with Gasteiger partial charge >= 0.3 is 6.09 Å². The summed E-state index contributed by atoms with van der Waals surface area (Å²) in [5.41, 5.74) is -0.837. The van der Waals surface area contributed by atoms with Crippen molar-refractivity contribution < 1.29 is 23.1 Å². The van der Waals surface area contributed by atoms with E-state index >= 15 is 0 Å². The van der Waals surface area contributed by atoms with Crippen LogP contribution in [-0.4, -0.2) is 42.1 Å². The van der Waals surface area contributed by atoms with Crippen molar-refractivity contribution in [2.75, 3.05) is 19.6 Å². The minimum Gasteiger partial charge on any atom is -0.444 e. The molecule has 2 rings (SSSR count). The van der Waals surface area contributed by atoms with E-state index in [1.54, 1.807) is 4.90 Å². The molecule has 2 amide bonds. The average molecular weight is 368 g/mol. The number of ether oxygens (including phenoxy) is 1. The lowest BCUT2D eigenvalue weighted by Crippen LogP contribution is -2.43. The third-order valence-electron chi connectivity index (χ3n) is 4.18. The molecule has 1 saturated heterocycles. The summed E-state index contributed by atoms with van der Waals surface area (Å²) in [4.78, 5) is 25.8. The van der Waals surface area contributed by atoms with Gasteiger partial charge in [0.1, 0.15) is 17.2 Å². The van der Waals surface area contributed by atoms with E-state index in [1.807, 2.05) is 20.8 Å². The van der Waals surface area contributed by atoms with E-state index in [2.05, 4.69) is 5.32 Å². The van der Waals surface area contributed by atoms with Crippen molar-refractivity contribution in [3.63, 3.8) is 0 Å². The van der Waals surface area contributed by atoms with E-state index in [1.165, 1.54) is 0 Å². The van der Waals surface area contributed by atoms with E-state index in [0.717, 1.165) is 31.0 Å². The molecule has 1 heterocycles. The topological polar surface area (TPSA) is 58.6 Å². The molecule has 26 heavy (non-hydrogen) atoms. The largest absolute Gasteiger partial charge is 0.444 e. The number of carbonyl (C=O) groups is 2. The molecule has 1 aromatic carbocycles. The van der Waals surface area contributed by atoms with Crippen LogP contribution in [0.4, 0.5) is 13.6 Å². The molecule has 1 fully saturated rings. The fraction of sp³-hybridized carbons (Fsp3) is 0.579. The second-order valence-corrected chi connectivity index (χ2v) is 7.60. The van der Waals surface area contributed by atoms with E-state index in [9.17, 15) is 18.4 Å². The Bertz CT molecular complexity index is 659. The van der Waals surface area contributed by atoms with E-state index in [-0.39, 0.29) is 17.6 Å². The maximum Gasteiger partial charge on any atom is 0.410 e. The maximum absolute atomic E-state index is 13.6. The Balaban J connectivity index is 1.81. The van der Waals surface area contributed by atoms with Gasteiger partial charge in [-0.2, -0.15) is 0 Å². The molecule has 1 aliphatic rings. The van der Waals surface area contributed by atoms with E-state index < -0.39 is 23.1 Å². The summed E-state index contributed by atoms with van der Waals surface area (Å²) < 4.78 is 32.1. The number of halogens is 2. The second-order valence-electron chi connectivity index (χ2n) is 7.60. The van der Waals surface area contributed by atoms with Crippen LogP contribution >= 0.6 is 0 Å². The van der Waals surface area contributed by atoms with Crippen molar-refractivity contribution >= 4 is 12.0 Å². The summed E-state index contributed by atoms with van der Waals surface area (Å²) in [6.45, 7) is 7.04. The van der Waals surface area contributed by atoms with Crippen LogP contribution in [0.1, 0.15) is 50.4 Å². The number of hydrogen-bond acceptors (Lipinski definition) is 3. The highest BCUT2D eigenvalue weighted by molar-refractivity contribution is 5.94. The normalized spacial score (nSPS) is 17.7. The number of hydrogen-bond donors (Lipinski definition) is 1. The van der Waals surface area contributed by atoms with Gasteiger partial charge in [0.05, 0.1) is 5.56 Å². The van der Waals surface area contributed by atoms with Crippen molar-refractivity contribution in [1.82, 2.24) is 10.2 Å². The predicted octanol–water partition coefficient (Wildman–Crippen LogP) is 3.73. The molecule has 144 valence electrons. The van der Waals surface area contributed by atoms with E-state index in [0.29, 0.717) is 26.1 Å². The first-order valence-corrected chi connectivity index (χ1v) is 8.87. The van der Waals surface area contributed by atoms with Gasteiger partial charge in [-0.15, -0.1) is 0 Å². The van der Waals surface area contributed by atoms with Gasteiger partial charge in [-0.25, -0.2) is 13.6 Å². The van der Waals surface area contributed by atoms with Crippen LogP contribution in [-0.2, 0) is 4.74 Å². The molecule has 0 spiro atoms. The molecule has 1 unspecified atom stereocenters. The van der Waals surface area contributed by atoms with Gasteiger partial charge in [0.15, 0.2) is 0 Å². The number of carbonyl (C=O) groups excluding carboxylic acids is 2. The van der Waals surface area contributed by atoms with Crippen molar-refractivity contribution in [3.8, 4) is 0 Å². The van der Waals surface area contributed by atoms with Gasteiger partial charge in [0, 0.05) is 19.6 Å². The maximum atomic E-state index is 13.6. The molecule has 0 aliphatic carbocycles. The zero-order valence-electron chi connectivity index (χ0n) is 15.5.